The molecule has 4 bridgehead atoms. The third-order valence-electron chi connectivity index (χ3n) is 5.61. The summed E-state index contributed by atoms with van der Waals surface area (Å²) in [6.07, 6.45) is 9.14. The maximum Gasteiger partial charge on any atom is 0.0340 e. The second kappa shape index (κ2) is 4.01. The SMILES string of the molecule is c1ccc(NCC23CC4CC(CC(C4)C2)C3)cc1. The van der Waals surface area contributed by atoms with Crippen LogP contribution in [0.1, 0.15) is 38.5 Å². The van der Waals surface area contributed by atoms with Crippen LogP contribution in [0, 0.1) is 23.2 Å². The number of benzene rings is 1. The largest absolute Gasteiger partial charge is 0.384 e. The molecule has 1 nitrogen and oxygen atoms in total. The normalized spacial score (nSPS) is 41.0. The second-order valence-electron chi connectivity index (χ2n) is 7.14. The van der Waals surface area contributed by atoms with Crippen LogP contribution in [0.25, 0.3) is 0 Å². The van der Waals surface area contributed by atoms with Gasteiger partial charge in [-0.2, -0.15) is 0 Å². The lowest BCUT2D eigenvalue weighted by Crippen LogP contribution is -2.49. The minimum atomic E-state index is 0.643. The molecule has 0 unspecified atom stereocenters. The van der Waals surface area contributed by atoms with Crippen LogP contribution in [0.3, 0.4) is 0 Å². The lowest BCUT2D eigenvalue weighted by Gasteiger charge is -2.57. The van der Waals surface area contributed by atoms with E-state index in [9.17, 15) is 0 Å². The van der Waals surface area contributed by atoms with Crippen molar-refractivity contribution in [3.05, 3.63) is 30.3 Å². The Hall–Kier alpha value is -0.980. The van der Waals surface area contributed by atoms with Gasteiger partial charge in [0.2, 0.25) is 0 Å². The topological polar surface area (TPSA) is 12.0 Å². The number of rotatable bonds is 3. The summed E-state index contributed by atoms with van der Waals surface area (Å²) in [6.45, 7) is 1.21. The molecule has 0 radical (unpaired) electrons. The molecule has 1 heteroatoms. The molecule has 0 amide bonds. The number of anilines is 1. The van der Waals surface area contributed by atoms with E-state index >= 15 is 0 Å². The zero-order chi connectivity index (χ0) is 12.0. The van der Waals surface area contributed by atoms with Crippen molar-refractivity contribution in [1.29, 1.82) is 0 Å². The van der Waals surface area contributed by atoms with Gasteiger partial charge in [-0.15, -0.1) is 0 Å². The Morgan fingerprint density at radius 3 is 2.00 bits per heavy atom. The molecule has 18 heavy (non-hydrogen) atoms. The van der Waals surface area contributed by atoms with Gasteiger partial charge < -0.3 is 5.32 Å². The fraction of sp³-hybridized carbons (Fsp3) is 0.647. The first kappa shape index (κ1) is 10.9. The van der Waals surface area contributed by atoms with Gasteiger partial charge in [-0.1, -0.05) is 18.2 Å². The van der Waals surface area contributed by atoms with E-state index in [1.54, 1.807) is 19.3 Å². The van der Waals surface area contributed by atoms with Crippen molar-refractivity contribution in [2.75, 3.05) is 11.9 Å². The third kappa shape index (κ3) is 1.84. The maximum absolute atomic E-state index is 3.70. The van der Waals surface area contributed by atoms with Crippen molar-refractivity contribution in [2.24, 2.45) is 23.2 Å². The lowest BCUT2D eigenvalue weighted by atomic mass is 9.49. The summed E-state index contributed by atoms with van der Waals surface area (Å²) >= 11 is 0. The first-order valence-corrected chi connectivity index (χ1v) is 7.60. The van der Waals surface area contributed by atoms with E-state index in [1.165, 1.54) is 31.5 Å². The van der Waals surface area contributed by atoms with Crippen molar-refractivity contribution < 1.29 is 0 Å². The van der Waals surface area contributed by atoms with Gasteiger partial charge in [-0.05, 0) is 73.8 Å². The predicted octanol–water partition coefficient (Wildman–Crippen LogP) is 4.31. The van der Waals surface area contributed by atoms with E-state index in [0.29, 0.717) is 5.41 Å². The average molecular weight is 241 g/mol. The Morgan fingerprint density at radius 2 is 1.44 bits per heavy atom. The van der Waals surface area contributed by atoms with E-state index < -0.39 is 0 Å². The van der Waals surface area contributed by atoms with Crippen LogP contribution in [0.15, 0.2) is 30.3 Å². The van der Waals surface area contributed by atoms with Gasteiger partial charge >= 0.3 is 0 Å². The number of para-hydroxylation sites is 1. The summed E-state index contributed by atoms with van der Waals surface area (Å²) in [5.74, 6) is 3.19. The minimum Gasteiger partial charge on any atom is -0.384 e. The van der Waals surface area contributed by atoms with Crippen LogP contribution >= 0.6 is 0 Å². The van der Waals surface area contributed by atoms with Gasteiger partial charge in [0.25, 0.3) is 0 Å². The van der Waals surface area contributed by atoms with Crippen LogP contribution in [-0.2, 0) is 0 Å². The van der Waals surface area contributed by atoms with Crippen LogP contribution in [0.5, 0.6) is 0 Å². The molecule has 0 aromatic heterocycles. The molecule has 1 N–H and O–H groups in total. The molecule has 96 valence electrons. The maximum atomic E-state index is 3.70. The molecular formula is C17H23N. The van der Waals surface area contributed by atoms with E-state index in [4.69, 9.17) is 0 Å². The average Bonchev–Trinajstić information content (AvgIpc) is 2.36. The van der Waals surface area contributed by atoms with E-state index in [0.717, 1.165) is 17.8 Å². The molecule has 0 saturated heterocycles. The van der Waals surface area contributed by atoms with Crippen molar-refractivity contribution in [2.45, 2.75) is 38.5 Å². The monoisotopic (exact) mass is 241 g/mol. The summed E-state index contributed by atoms with van der Waals surface area (Å²) in [5, 5.41) is 3.70. The summed E-state index contributed by atoms with van der Waals surface area (Å²) < 4.78 is 0. The fourth-order valence-corrected chi connectivity index (χ4v) is 5.35. The van der Waals surface area contributed by atoms with Crippen LogP contribution < -0.4 is 5.32 Å². The number of nitrogens with one attached hydrogen (secondary N) is 1. The Balaban J connectivity index is 1.48. The molecule has 1 aromatic rings. The van der Waals surface area contributed by atoms with E-state index in [1.807, 2.05) is 0 Å². The molecule has 4 saturated carbocycles. The second-order valence-corrected chi connectivity index (χ2v) is 7.14. The lowest BCUT2D eigenvalue weighted by molar-refractivity contribution is -0.0444. The zero-order valence-corrected chi connectivity index (χ0v) is 11.1. The highest BCUT2D eigenvalue weighted by Gasteiger charge is 2.50. The molecule has 4 aliphatic rings. The molecule has 1 aromatic carbocycles. The van der Waals surface area contributed by atoms with Crippen molar-refractivity contribution in [1.82, 2.24) is 0 Å². The van der Waals surface area contributed by atoms with Crippen molar-refractivity contribution in [3.63, 3.8) is 0 Å². The summed E-state index contributed by atoms with van der Waals surface area (Å²) in [5.41, 5.74) is 1.94. The zero-order valence-electron chi connectivity index (χ0n) is 11.1. The highest BCUT2D eigenvalue weighted by molar-refractivity contribution is 5.42. The number of hydrogen-bond donors (Lipinski definition) is 1. The van der Waals surface area contributed by atoms with Gasteiger partial charge in [0.15, 0.2) is 0 Å². The number of hydrogen-bond acceptors (Lipinski definition) is 1. The van der Waals surface area contributed by atoms with Crippen LogP contribution in [0.2, 0.25) is 0 Å². The molecule has 0 spiro atoms. The standard InChI is InChI=1S/C17H23N/c1-2-4-16(5-3-1)18-12-17-9-13-6-14(10-17)8-15(7-13)11-17/h1-5,13-15,18H,6-12H2. The van der Waals surface area contributed by atoms with Crippen molar-refractivity contribution in [3.8, 4) is 0 Å². The molecule has 0 heterocycles. The fourth-order valence-electron chi connectivity index (χ4n) is 5.35. The molecule has 4 fully saturated rings. The highest BCUT2D eigenvalue weighted by atomic mass is 14.9. The predicted molar refractivity (Wildman–Crippen MR) is 75.5 cm³/mol. The Morgan fingerprint density at radius 1 is 0.889 bits per heavy atom. The molecule has 0 atom stereocenters. The van der Waals surface area contributed by atoms with E-state index in [-0.39, 0.29) is 0 Å². The Kier molecular flexibility index (Phi) is 2.43. The quantitative estimate of drug-likeness (QED) is 0.831. The van der Waals surface area contributed by atoms with E-state index in [2.05, 4.69) is 35.6 Å². The molecule has 0 aliphatic heterocycles. The van der Waals surface area contributed by atoms with Crippen LogP contribution in [0.4, 0.5) is 5.69 Å². The van der Waals surface area contributed by atoms with Gasteiger partial charge in [0.05, 0.1) is 0 Å². The van der Waals surface area contributed by atoms with Gasteiger partial charge in [0.1, 0.15) is 0 Å². The third-order valence-corrected chi connectivity index (χ3v) is 5.61. The Labute approximate surface area is 110 Å². The highest BCUT2D eigenvalue weighted by Crippen LogP contribution is 2.59. The van der Waals surface area contributed by atoms with Crippen LogP contribution in [-0.4, -0.2) is 6.54 Å². The van der Waals surface area contributed by atoms with Gasteiger partial charge in [-0.3, -0.25) is 0 Å². The van der Waals surface area contributed by atoms with Gasteiger partial charge in [0, 0.05) is 12.2 Å². The summed E-state index contributed by atoms with van der Waals surface area (Å²) in [6, 6.07) is 10.7. The minimum absolute atomic E-state index is 0.643. The Bertz CT molecular complexity index is 387. The molecule has 4 aliphatic carbocycles. The summed E-state index contributed by atoms with van der Waals surface area (Å²) in [4.78, 5) is 0. The molecule has 5 rings (SSSR count). The van der Waals surface area contributed by atoms with Crippen molar-refractivity contribution >= 4 is 5.69 Å². The van der Waals surface area contributed by atoms with Gasteiger partial charge in [-0.25, -0.2) is 0 Å². The first-order valence-electron chi connectivity index (χ1n) is 7.60. The first-order chi connectivity index (χ1) is 8.81. The smallest absolute Gasteiger partial charge is 0.0340 e. The summed E-state index contributed by atoms with van der Waals surface area (Å²) in [7, 11) is 0. The molecular weight excluding hydrogens is 218 g/mol.